The topological polar surface area (TPSA) is 225 Å². The highest BCUT2D eigenvalue weighted by Gasteiger charge is 2.15. The van der Waals surface area contributed by atoms with Crippen molar-refractivity contribution >= 4 is 51.8 Å². The van der Waals surface area contributed by atoms with Crippen LogP contribution in [0.4, 0.5) is 0 Å². The molecule has 0 aliphatic carbocycles. The number of carboxylic acids is 2. The molecule has 16 heteroatoms. The molecule has 0 unspecified atom stereocenters. The Kier molecular flexibility index (Phi) is 17.9. The van der Waals surface area contributed by atoms with Crippen molar-refractivity contribution in [3.05, 3.63) is 177 Å². The number of benzene rings is 3. The van der Waals surface area contributed by atoms with E-state index in [0.717, 1.165) is 17.0 Å². The fraction of sp³-hybridized carbons (Fsp3) is 0.128. The Labute approximate surface area is 366 Å². The minimum atomic E-state index is -1.09. The van der Waals surface area contributed by atoms with Crippen molar-refractivity contribution in [1.29, 1.82) is 0 Å². The second-order valence-corrected chi connectivity index (χ2v) is 13.3. The molecule has 63 heavy (non-hydrogen) atoms. The molecule has 0 bridgehead atoms. The third-order valence-electron chi connectivity index (χ3n) is 8.69. The van der Waals surface area contributed by atoms with Crippen LogP contribution in [-0.2, 0) is 11.2 Å². The SMILES string of the molecule is COc1ccc(-c2cc3ncccc3c(=O)[nH]2)cc1.COc1ccc(C(=O)CC(C)=O)cc1.COc1ccc(C(=O)Cc2ncccc2C(=O)O)cc1.O=C(O)c1cccnc1Cl. The maximum absolute atomic E-state index is 12.1. The van der Waals surface area contributed by atoms with E-state index in [-0.39, 0.29) is 57.7 Å². The minimum absolute atomic E-state index is 0.0231. The second kappa shape index (κ2) is 23.7. The van der Waals surface area contributed by atoms with Crippen LogP contribution >= 0.6 is 11.6 Å². The Morgan fingerprint density at radius 2 is 1.10 bits per heavy atom. The zero-order valence-corrected chi connectivity index (χ0v) is 35.2. The van der Waals surface area contributed by atoms with Gasteiger partial charge < -0.3 is 29.4 Å². The summed E-state index contributed by atoms with van der Waals surface area (Å²) in [6.45, 7) is 1.40. The van der Waals surface area contributed by atoms with E-state index >= 15 is 0 Å². The van der Waals surface area contributed by atoms with Crippen molar-refractivity contribution in [1.82, 2.24) is 19.9 Å². The molecule has 4 aromatic heterocycles. The summed E-state index contributed by atoms with van der Waals surface area (Å²) in [6, 6.07) is 32.2. The molecule has 0 fully saturated rings. The highest BCUT2D eigenvalue weighted by atomic mass is 35.5. The van der Waals surface area contributed by atoms with Gasteiger partial charge in [-0.25, -0.2) is 14.6 Å². The lowest BCUT2D eigenvalue weighted by Gasteiger charge is -2.05. The highest BCUT2D eigenvalue weighted by molar-refractivity contribution is 6.32. The molecule has 0 aliphatic rings. The molecule has 0 radical (unpaired) electrons. The molecule has 0 saturated heterocycles. The molecule has 4 heterocycles. The molecule has 15 nitrogen and oxygen atoms in total. The first-order valence-corrected chi connectivity index (χ1v) is 19.1. The van der Waals surface area contributed by atoms with Gasteiger partial charge in [-0.05, 0) is 128 Å². The van der Waals surface area contributed by atoms with Crippen LogP contribution in [0.3, 0.4) is 0 Å². The number of hydrogen-bond acceptors (Lipinski definition) is 12. The average molecular weight is 873 g/mol. The minimum Gasteiger partial charge on any atom is -0.497 e. The zero-order chi connectivity index (χ0) is 45.9. The smallest absolute Gasteiger partial charge is 0.338 e. The normalized spacial score (nSPS) is 9.98. The van der Waals surface area contributed by atoms with Crippen LogP contribution in [0, 0.1) is 0 Å². The number of carbonyl (C=O) groups is 5. The number of hydrogen-bond donors (Lipinski definition) is 3. The van der Waals surface area contributed by atoms with Gasteiger partial charge in [-0.1, -0.05) is 11.6 Å². The number of aromatic nitrogens is 4. The van der Waals surface area contributed by atoms with Crippen LogP contribution in [0.5, 0.6) is 17.2 Å². The number of aromatic amines is 1. The summed E-state index contributed by atoms with van der Waals surface area (Å²) >= 11 is 5.43. The van der Waals surface area contributed by atoms with Crippen molar-refractivity contribution in [3.8, 4) is 28.5 Å². The number of aromatic carboxylic acids is 2. The van der Waals surface area contributed by atoms with Gasteiger partial charge in [-0.15, -0.1) is 0 Å². The maximum Gasteiger partial charge on any atom is 0.338 e. The number of H-pyrrole nitrogens is 1. The van der Waals surface area contributed by atoms with Crippen molar-refractivity contribution in [3.63, 3.8) is 0 Å². The first-order valence-electron chi connectivity index (χ1n) is 18.7. The maximum atomic E-state index is 12.1. The van der Waals surface area contributed by atoms with E-state index in [1.54, 1.807) is 88.2 Å². The lowest BCUT2D eigenvalue weighted by molar-refractivity contribution is -0.116. The summed E-state index contributed by atoms with van der Waals surface area (Å²) in [5.41, 5.74) is 3.62. The predicted molar refractivity (Wildman–Crippen MR) is 235 cm³/mol. The van der Waals surface area contributed by atoms with Gasteiger partial charge in [-0.3, -0.25) is 29.1 Å². The number of pyridine rings is 4. The monoisotopic (exact) mass is 872 g/mol. The van der Waals surface area contributed by atoms with E-state index in [1.165, 1.54) is 43.6 Å². The van der Waals surface area contributed by atoms with E-state index < -0.39 is 11.9 Å². The predicted octanol–water partition coefficient (Wildman–Crippen LogP) is 8.10. The molecular weight excluding hydrogens is 832 g/mol. The summed E-state index contributed by atoms with van der Waals surface area (Å²) in [7, 11) is 4.73. The van der Waals surface area contributed by atoms with E-state index in [2.05, 4.69) is 19.9 Å². The van der Waals surface area contributed by atoms with Crippen LogP contribution in [-0.4, -0.2) is 80.8 Å². The van der Waals surface area contributed by atoms with Gasteiger partial charge in [0.2, 0.25) is 0 Å². The number of ketones is 3. The highest BCUT2D eigenvalue weighted by Crippen LogP contribution is 2.22. The van der Waals surface area contributed by atoms with Crippen molar-refractivity contribution in [2.75, 3.05) is 21.3 Å². The number of halogens is 1. The van der Waals surface area contributed by atoms with E-state index in [9.17, 15) is 28.8 Å². The van der Waals surface area contributed by atoms with Gasteiger partial charge in [-0.2, -0.15) is 0 Å². The van der Waals surface area contributed by atoms with Crippen molar-refractivity contribution in [2.24, 2.45) is 0 Å². The molecule has 7 aromatic rings. The molecular formula is C47H41ClN4O11. The number of nitrogens with zero attached hydrogens (tertiary/aromatic N) is 3. The molecule has 0 amide bonds. The molecule has 0 atom stereocenters. The molecule has 0 aliphatic heterocycles. The van der Waals surface area contributed by atoms with Crippen molar-refractivity contribution in [2.45, 2.75) is 19.8 Å². The number of rotatable bonds is 12. The molecule has 322 valence electrons. The summed E-state index contributed by atoms with van der Waals surface area (Å²) in [4.78, 5) is 82.2. The number of fused-ring (bicyclic) bond motifs is 1. The van der Waals surface area contributed by atoms with Gasteiger partial charge in [0.1, 0.15) is 28.2 Å². The standard InChI is InChI=1S/C15H12N2O2.C15H13NO4.C11H12O3.C6H4ClNO2/c1-19-11-6-4-10(5-7-11)13-9-14-12(15(18)17-13)3-2-8-16-14;1-20-11-6-4-10(5-7-11)14(17)9-13-12(15(18)19)3-2-8-16-13;1-8(12)7-11(13)9-3-5-10(14-2)6-4-9;7-5-4(6(9)10)2-1-3-8-5/h2-9H,1H3,(H,17,18);2-8H,9H2,1H3,(H,18,19);3-6H,7H2,1-2H3;1-3H,(H,9,10). The summed E-state index contributed by atoms with van der Waals surface area (Å²) in [5, 5.41) is 18.1. The van der Waals surface area contributed by atoms with Gasteiger partial charge in [0, 0.05) is 29.7 Å². The Bertz CT molecular complexity index is 2740. The summed E-state index contributed by atoms with van der Waals surface area (Å²) in [5.74, 6) is -0.464. The second-order valence-electron chi connectivity index (χ2n) is 13.0. The largest absolute Gasteiger partial charge is 0.497 e. The number of nitrogens with one attached hydrogen (secondary N) is 1. The van der Waals surface area contributed by atoms with E-state index in [0.29, 0.717) is 33.5 Å². The van der Waals surface area contributed by atoms with E-state index in [4.69, 9.17) is 36.0 Å². The number of ether oxygens (including phenoxy) is 3. The Balaban J connectivity index is 0.000000190. The number of carbonyl (C=O) groups excluding carboxylic acids is 3. The molecule has 0 saturated carbocycles. The first kappa shape index (κ1) is 47.6. The number of Topliss-reactive ketones (excluding diaryl/α,β-unsaturated/α-hetero) is 3. The third kappa shape index (κ3) is 14.3. The zero-order valence-electron chi connectivity index (χ0n) is 34.4. The lowest BCUT2D eigenvalue weighted by atomic mass is 10.0. The molecule has 3 aromatic carbocycles. The molecule has 0 spiro atoms. The third-order valence-corrected chi connectivity index (χ3v) is 8.99. The Hall–Kier alpha value is -8.04. The first-order chi connectivity index (χ1) is 30.2. The Morgan fingerprint density at radius 3 is 1.59 bits per heavy atom. The van der Waals surface area contributed by atoms with Gasteiger partial charge in [0.05, 0.1) is 67.6 Å². The fourth-order valence-electron chi connectivity index (χ4n) is 5.47. The van der Waals surface area contributed by atoms with Gasteiger partial charge >= 0.3 is 11.9 Å². The average Bonchev–Trinajstić information content (AvgIpc) is 3.29. The van der Waals surface area contributed by atoms with Crippen LogP contribution in [0.15, 0.2) is 139 Å². The van der Waals surface area contributed by atoms with E-state index in [1.807, 2.05) is 30.3 Å². The van der Waals surface area contributed by atoms with Crippen LogP contribution in [0.1, 0.15) is 60.5 Å². The van der Waals surface area contributed by atoms with Crippen molar-refractivity contribution < 1.29 is 48.4 Å². The number of methoxy groups -OCH3 is 3. The van der Waals surface area contributed by atoms with Crippen LogP contribution in [0.2, 0.25) is 5.15 Å². The Morgan fingerprint density at radius 1 is 0.619 bits per heavy atom. The lowest BCUT2D eigenvalue weighted by Crippen LogP contribution is -2.10. The quantitative estimate of drug-likeness (QED) is 0.0599. The number of carboxylic acid groups (broad SMARTS) is 2. The van der Waals surface area contributed by atoms with Crippen LogP contribution in [0.25, 0.3) is 22.2 Å². The summed E-state index contributed by atoms with van der Waals surface area (Å²) in [6.07, 6.45) is 4.51. The van der Waals surface area contributed by atoms with Crippen LogP contribution < -0.4 is 19.8 Å². The molecule has 7 rings (SSSR count). The molecule has 3 N–H and O–H groups in total. The summed E-state index contributed by atoms with van der Waals surface area (Å²) < 4.78 is 15.1. The fourth-order valence-corrected chi connectivity index (χ4v) is 5.67. The van der Waals surface area contributed by atoms with Gasteiger partial charge in [0.25, 0.3) is 5.56 Å². The van der Waals surface area contributed by atoms with Gasteiger partial charge in [0.15, 0.2) is 11.6 Å².